The second kappa shape index (κ2) is 11.0. The summed E-state index contributed by atoms with van der Waals surface area (Å²) in [4.78, 5) is 2.50. The summed E-state index contributed by atoms with van der Waals surface area (Å²) < 4.78 is 0. The molecule has 53 heavy (non-hydrogen) atoms. The molecular formula is C52H37N. The molecule has 0 saturated carbocycles. The van der Waals surface area contributed by atoms with Crippen LogP contribution in [0.4, 0.5) is 17.1 Å². The largest absolute Gasteiger partial charge is 0.310 e. The van der Waals surface area contributed by atoms with Gasteiger partial charge in [0.25, 0.3) is 0 Å². The molecule has 0 aliphatic heterocycles. The minimum Gasteiger partial charge on any atom is -0.310 e. The third-order valence-electron chi connectivity index (χ3n) is 11.9. The Bertz CT molecular complexity index is 2920. The molecular weight excluding hydrogens is 639 g/mol. The standard InChI is InChI=1S/C52H37N/c1-32-24-26-35(27-25-32)53(36-29-33(2)28-34(3)30-36)48-31-47-49(43-20-8-6-18-41(43)48)50-42-19-7-4-14-37(42)38-15-5-9-21-44(38)51(50)52(47)45-22-12-10-16-39(45)40-17-11-13-23-46(40)52/h4-31H,1-3H3. The second-order valence-corrected chi connectivity index (χ2v) is 15.1. The zero-order valence-corrected chi connectivity index (χ0v) is 30.1. The Balaban J connectivity index is 1.38. The van der Waals surface area contributed by atoms with Crippen LogP contribution < -0.4 is 4.90 Å². The van der Waals surface area contributed by atoms with E-state index in [4.69, 9.17) is 0 Å². The highest BCUT2D eigenvalue weighted by molar-refractivity contribution is 6.24. The fourth-order valence-corrected chi connectivity index (χ4v) is 10.0. The zero-order chi connectivity index (χ0) is 35.4. The van der Waals surface area contributed by atoms with Crippen molar-refractivity contribution >= 4 is 49.4 Å². The molecule has 0 aromatic heterocycles. The van der Waals surface area contributed by atoms with Crippen molar-refractivity contribution in [3.8, 4) is 22.3 Å². The van der Waals surface area contributed by atoms with E-state index in [1.54, 1.807) is 0 Å². The molecule has 1 heteroatoms. The molecule has 9 aromatic carbocycles. The van der Waals surface area contributed by atoms with Crippen LogP contribution in [-0.4, -0.2) is 0 Å². The first-order valence-corrected chi connectivity index (χ1v) is 18.7. The monoisotopic (exact) mass is 675 g/mol. The van der Waals surface area contributed by atoms with Crippen molar-refractivity contribution < 1.29 is 0 Å². The summed E-state index contributed by atoms with van der Waals surface area (Å²) in [5, 5.41) is 7.75. The van der Waals surface area contributed by atoms with Crippen molar-refractivity contribution in [1.29, 1.82) is 0 Å². The normalized spacial score (nSPS) is 13.3. The molecule has 9 aromatic rings. The van der Waals surface area contributed by atoms with E-state index in [2.05, 4.69) is 196 Å². The van der Waals surface area contributed by atoms with Crippen molar-refractivity contribution in [3.05, 3.63) is 209 Å². The van der Waals surface area contributed by atoms with Crippen LogP contribution in [0.1, 0.15) is 38.9 Å². The Morgan fingerprint density at radius 3 is 1.47 bits per heavy atom. The van der Waals surface area contributed by atoms with E-state index in [1.165, 1.54) is 105 Å². The predicted molar refractivity (Wildman–Crippen MR) is 224 cm³/mol. The first-order chi connectivity index (χ1) is 26.0. The summed E-state index contributed by atoms with van der Waals surface area (Å²) >= 11 is 0. The van der Waals surface area contributed by atoms with Crippen LogP contribution in [-0.2, 0) is 5.41 Å². The maximum atomic E-state index is 2.57. The highest BCUT2D eigenvalue weighted by atomic mass is 15.1. The molecule has 11 rings (SSSR count). The third-order valence-corrected chi connectivity index (χ3v) is 11.9. The van der Waals surface area contributed by atoms with E-state index < -0.39 is 5.41 Å². The Hall–Kier alpha value is -6.44. The number of rotatable bonds is 3. The van der Waals surface area contributed by atoms with Gasteiger partial charge in [0.05, 0.1) is 11.1 Å². The second-order valence-electron chi connectivity index (χ2n) is 15.1. The number of nitrogens with zero attached hydrogens (tertiary/aromatic N) is 1. The molecule has 0 fully saturated rings. The molecule has 250 valence electrons. The van der Waals surface area contributed by atoms with E-state index in [0.29, 0.717) is 0 Å². The maximum absolute atomic E-state index is 2.57. The lowest BCUT2D eigenvalue weighted by molar-refractivity contribution is 0.802. The van der Waals surface area contributed by atoms with Crippen LogP contribution in [0.2, 0.25) is 0 Å². The number of aryl methyl sites for hydroxylation is 3. The number of benzene rings is 9. The minimum atomic E-state index is -0.526. The van der Waals surface area contributed by atoms with Gasteiger partial charge in [-0.05, 0) is 134 Å². The van der Waals surface area contributed by atoms with E-state index in [0.717, 1.165) is 5.69 Å². The average molecular weight is 676 g/mol. The number of hydrogen-bond donors (Lipinski definition) is 0. The summed E-state index contributed by atoms with van der Waals surface area (Å²) in [6.07, 6.45) is 0. The van der Waals surface area contributed by atoms with Crippen molar-refractivity contribution in [2.75, 3.05) is 4.90 Å². The first-order valence-electron chi connectivity index (χ1n) is 18.7. The molecule has 0 atom stereocenters. The van der Waals surface area contributed by atoms with E-state index >= 15 is 0 Å². The van der Waals surface area contributed by atoms with Gasteiger partial charge in [-0.3, -0.25) is 0 Å². The SMILES string of the molecule is Cc1ccc(N(c2cc(C)cc(C)c2)c2cc3c(c4ccccc24)-c2c(c4ccccc4c4ccccc24)C32c3ccccc3-c3ccccc32)cc1. The van der Waals surface area contributed by atoms with Crippen molar-refractivity contribution in [2.45, 2.75) is 26.2 Å². The van der Waals surface area contributed by atoms with Crippen molar-refractivity contribution in [3.63, 3.8) is 0 Å². The van der Waals surface area contributed by atoms with Gasteiger partial charge in [0.15, 0.2) is 0 Å². The molecule has 0 bridgehead atoms. The van der Waals surface area contributed by atoms with Crippen LogP contribution >= 0.6 is 0 Å². The number of fused-ring (bicyclic) bond motifs is 17. The summed E-state index contributed by atoms with van der Waals surface area (Å²) in [6.45, 7) is 6.58. The summed E-state index contributed by atoms with van der Waals surface area (Å²) in [5.74, 6) is 0. The lowest BCUT2D eigenvalue weighted by Gasteiger charge is -2.34. The van der Waals surface area contributed by atoms with Crippen LogP contribution in [0.15, 0.2) is 170 Å². The Kier molecular flexibility index (Phi) is 6.29. The lowest BCUT2D eigenvalue weighted by Crippen LogP contribution is -2.26. The van der Waals surface area contributed by atoms with Crippen LogP contribution in [0.5, 0.6) is 0 Å². The molecule has 1 spiro atoms. The summed E-state index contributed by atoms with van der Waals surface area (Å²) in [7, 11) is 0. The van der Waals surface area contributed by atoms with Gasteiger partial charge >= 0.3 is 0 Å². The predicted octanol–water partition coefficient (Wildman–Crippen LogP) is 13.9. The topological polar surface area (TPSA) is 3.24 Å². The molecule has 0 amide bonds. The minimum absolute atomic E-state index is 0.526. The summed E-state index contributed by atoms with van der Waals surface area (Å²) in [5.41, 5.74) is 17.5. The molecule has 0 saturated heterocycles. The molecule has 1 nitrogen and oxygen atoms in total. The van der Waals surface area contributed by atoms with Gasteiger partial charge in [-0.25, -0.2) is 0 Å². The van der Waals surface area contributed by atoms with Gasteiger partial charge in [-0.1, -0.05) is 145 Å². The van der Waals surface area contributed by atoms with Gasteiger partial charge in [-0.2, -0.15) is 0 Å². The number of anilines is 3. The van der Waals surface area contributed by atoms with Crippen molar-refractivity contribution in [1.82, 2.24) is 0 Å². The van der Waals surface area contributed by atoms with Crippen LogP contribution in [0.25, 0.3) is 54.6 Å². The van der Waals surface area contributed by atoms with Crippen LogP contribution in [0.3, 0.4) is 0 Å². The first kappa shape index (κ1) is 30.2. The smallest absolute Gasteiger partial charge is 0.0732 e. The fraction of sp³-hybridized carbons (Fsp3) is 0.0769. The number of hydrogen-bond acceptors (Lipinski definition) is 1. The Labute approximate surface area is 310 Å². The Morgan fingerprint density at radius 1 is 0.358 bits per heavy atom. The quantitative estimate of drug-likeness (QED) is 0.169. The highest BCUT2D eigenvalue weighted by Crippen LogP contribution is 2.67. The van der Waals surface area contributed by atoms with Gasteiger partial charge < -0.3 is 4.90 Å². The molecule has 0 radical (unpaired) electrons. The zero-order valence-electron chi connectivity index (χ0n) is 30.1. The van der Waals surface area contributed by atoms with Gasteiger partial charge in [0, 0.05) is 16.8 Å². The van der Waals surface area contributed by atoms with Gasteiger partial charge in [0.2, 0.25) is 0 Å². The van der Waals surface area contributed by atoms with Gasteiger partial charge in [-0.15, -0.1) is 0 Å². The fourth-order valence-electron chi connectivity index (χ4n) is 10.0. The van der Waals surface area contributed by atoms with Crippen LogP contribution in [0, 0.1) is 20.8 Å². The van der Waals surface area contributed by atoms with Gasteiger partial charge in [0.1, 0.15) is 0 Å². The molecule has 2 aliphatic rings. The molecule has 0 unspecified atom stereocenters. The lowest BCUT2D eigenvalue weighted by atomic mass is 9.69. The third kappa shape index (κ3) is 4.02. The maximum Gasteiger partial charge on any atom is 0.0732 e. The highest BCUT2D eigenvalue weighted by Gasteiger charge is 2.53. The Morgan fingerprint density at radius 2 is 0.849 bits per heavy atom. The molecule has 0 N–H and O–H groups in total. The molecule has 2 aliphatic carbocycles. The van der Waals surface area contributed by atoms with E-state index in [1.807, 2.05) is 0 Å². The van der Waals surface area contributed by atoms with E-state index in [-0.39, 0.29) is 0 Å². The summed E-state index contributed by atoms with van der Waals surface area (Å²) in [6, 6.07) is 64.2. The van der Waals surface area contributed by atoms with Crippen molar-refractivity contribution in [2.24, 2.45) is 0 Å². The molecule has 0 heterocycles. The average Bonchev–Trinajstić information content (AvgIpc) is 3.66. The van der Waals surface area contributed by atoms with E-state index in [9.17, 15) is 0 Å².